The number of likely N-dealkylation sites (tertiary alicyclic amines) is 2. The van der Waals surface area contributed by atoms with Crippen LogP contribution in [0.25, 0.3) is 5.57 Å². The van der Waals surface area contributed by atoms with E-state index in [2.05, 4.69) is 42.0 Å². The van der Waals surface area contributed by atoms with Crippen molar-refractivity contribution >= 4 is 23.1 Å². The summed E-state index contributed by atoms with van der Waals surface area (Å²) >= 11 is 0. The van der Waals surface area contributed by atoms with Crippen LogP contribution in [0, 0.1) is 0 Å². The molecule has 1 aromatic carbocycles. The maximum atomic E-state index is 13.6. The minimum absolute atomic E-state index is 0.0162. The Labute approximate surface area is 208 Å². The number of hydrogen-bond acceptors (Lipinski definition) is 6. The number of anilines is 1. The predicted octanol–water partition coefficient (Wildman–Crippen LogP) is 2.26. The predicted molar refractivity (Wildman–Crippen MR) is 137 cm³/mol. The van der Waals surface area contributed by atoms with Crippen molar-refractivity contribution in [1.29, 1.82) is 0 Å². The molecule has 4 rings (SSSR count). The molecule has 35 heavy (non-hydrogen) atoms. The zero-order valence-electron chi connectivity index (χ0n) is 21.8. The molecule has 0 spiro atoms. The van der Waals surface area contributed by atoms with Gasteiger partial charge in [-0.3, -0.25) is 14.5 Å². The molecule has 3 aliphatic rings. The summed E-state index contributed by atoms with van der Waals surface area (Å²) in [5.74, 6) is 0.822. The molecule has 0 aromatic heterocycles. The van der Waals surface area contributed by atoms with Crippen LogP contribution in [0.5, 0.6) is 5.75 Å². The van der Waals surface area contributed by atoms with Gasteiger partial charge in [0.2, 0.25) is 11.8 Å². The van der Waals surface area contributed by atoms with Gasteiger partial charge in [0, 0.05) is 51.3 Å². The smallest absolute Gasteiger partial charge is 0.241 e. The summed E-state index contributed by atoms with van der Waals surface area (Å²) in [6.07, 6.45) is 4.59. The molecule has 0 saturated carbocycles. The van der Waals surface area contributed by atoms with Crippen LogP contribution in [0.2, 0.25) is 0 Å². The van der Waals surface area contributed by atoms with Crippen LogP contribution in [0.4, 0.5) is 5.69 Å². The van der Waals surface area contributed by atoms with Gasteiger partial charge in [-0.05, 0) is 63.8 Å². The van der Waals surface area contributed by atoms with Gasteiger partial charge < -0.3 is 25.0 Å². The van der Waals surface area contributed by atoms with Gasteiger partial charge in [-0.1, -0.05) is 6.08 Å². The van der Waals surface area contributed by atoms with E-state index < -0.39 is 11.1 Å². The molecular formula is C27H40N4O4. The summed E-state index contributed by atoms with van der Waals surface area (Å²) in [6.45, 7) is 11.5. The highest BCUT2D eigenvalue weighted by Gasteiger charge is 2.41. The number of hydrogen-bond donors (Lipinski definition) is 2. The molecule has 2 N–H and O–H groups in total. The number of nitrogens with one attached hydrogen (secondary N) is 1. The highest BCUT2D eigenvalue weighted by atomic mass is 16.5. The van der Waals surface area contributed by atoms with Crippen LogP contribution in [0.3, 0.4) is 0 Å². The lowest BCUT2D eigenvalue weighted by Crippen LogP contribution is -2.53. The van der Waals surface area contributed by atoms with Crippen molar-refractivity contribution in [2.45, 2.75) is 64.1 Å². The number of carbonyl (C=O) groups excluding carboxylic acids is 2. The SMILES string of the molecule is COc1ccc2c(c1)C(C)=CC(C)(C)N2C(=O)CN1CC[C@](O)(CN2CCC(NC(C)=O)CC2)C1. The van der Waals surface area contributed by atoms with Gasteiger partial charge in [-0.2, -0.15) is 0 Å². The number of rotatable bonds is 6. The zero-order chi connectivity index (χ0) is 25.4. The molecule has 8 heteroatoms. The average Bonchev–Trinajstić information content (AvgIpc) is 3.13. The molecule has 2 fully saturated rings. The van der Waals surface area contributed by atoms with E-state index >= 15 is 0 Å². The van der Waals surface area contributed by atoms with Crippen LogP contribution >= 0.6 is 0 Å². The number of nitrogens with zero attached hydrogens (tertiary/aromatic N) is 3. The van der Waals surface area contributed by atoms with E-state index in [1.807, 2.05) is 23.1 Å². The summed E-state index contributed by atoms with van der Waals surface area (Å²) < 4.78 is 5.40. The number of β-amino-alcohol motifs (C(OH)–C–C–N with tert-alkyl or cyclic N) is 1. The van der Waals surface area contributed by atoms with Crippen LogP contribution < -0.4 is 15.0 Å². The number of ether oxygens (including phenoxy) is 1. The summed E-state index contributed by atoms with van der Waals surface area (Å²) in [5, 5.41) is 14.3. The second-order valence-corrected chi connectivity index (χ2v) is 11.0. The van der Waals surface area contributed by atoms with Crippen LogP contribution in [0.1, 0.15) is 52.5 Å². The Morgan fingerprint density at radius 3 is 2.54 bits per heavy atom. The number of carbonyl (C=O) groups is 2. The summed E-state index contributed by atoms with van der Waals surface area (Å²) in [6, 6.07) is 6.08. The highest BCUT2D eigenvalue weighted by Crippen LogP contribution is 2.40. The maximum Gasteiger partial charge on any atom is 0.241 e. The Kier molecular flexibility index (Phi) is 7.27. The molecule has 3 heterocycles. The number of methoxy groups -OCH3 is 1. The van der Waals surface area contributed by atoms with Gasteiger partial charge in [0.15, 0.2) is 0 Å². The first-order valence-corrected chi connectivity index (χ1v) is 12.6. The van der Waals surface area contributed by atoms with Crippen LogP contribution in [-0.4, -0.2) is 90.3 Å². The Bertz CT molecular complexity index is 999. The number of amides is 2. The molecule has 8 nitrogen and oxygen atoms in total. The van der Waals surface area contributed by atoms with Gasteiger partial charge in [-0.25, -0.2) is 0 Å². The topological polar surface area (TPSA) is 85.3 Å². The fourth-order valence-corrected chi connectivity index (χ4v) is 6.00. The third-order valence-corrected chi connectivity index (χ3v) is 7.55. The van der Waals surface area contributed by atoms with E-state index in [9.17, 15) is 14.7 Å². The molecule has 2 amide bonds. The van der Waals surface area contributed by atoms with Crippen molar-refractivity contribution < 1.29 is 19.4 Å². The summed E-state index contributed by atoms with van der Waals surface area (Å²) in [7, 11) is 1.65. The first-order valence-electron chi connectivity index (χ1n) is 12.6. The van der Waals surface area contributed by atoms with Crippen molar-refractivity contribution in [3.8, 4) is 5.75 Å². The van der Waals surface area contributed by atoms with E-state index in [4.69, 9.17) is 4.74 Å². The largest absolute Gasteiger partial charge is 0.497 e. The van der Waals surface area contributed by atoms with E-state index in [-0.39, 0.29) is 24.4 Å². The van der Waals surface area contributed by atoms with Crippen molar-refractivity contribution in [1.82, 2.24) is 15.1 Å². The number of allylic oxidation sites excluding steroid dienone is 1. The van der Waals surface area contributed by atoms with Crippen LogP contribution in [-0.2, 0) is 9.59 Å². The first kappa shape index (κ1) is 25.7. The number of benzene rings is 1. The summed E-state index contributed by atoms with van der Waals surface area (Å²) in [4.78, 5) is 31.2. The normalized spacial score (nSPS) is 25.2. The van der Waals surface area contributed by atoms with Crippen molar-refractivity contribution in [3.05, 3.63) is 29.8 Å². The standard InChI is InChI=1S/C27H40N4O4/c1-19-15-26(3,4)31(24-7-6-22(35-5)14-23(19)24)25(33)16-30-13-10-27(34,18-30)17-29-11-8-21(9-12-29)28-20(2)32/h6-7,14-15,21,34H,8-13,16-18H2,1-5H3,(H,28,32)/t27-/m0/s1. The molecule has 3 aliphatic heterocycles. The van der Waals surface area contributed by atoms with Crippen molar-refractivity contribution in [2.24, 2.45) is 0 Å². The Morgan fingerprint density at radius 2 is 1.89 bits per heavy atom. The lowest BCUT2D eigenvalue weighted by molar-refractivity contribution is -0.121. The molecule has 0 bridgehead atoms. The molecule has 2 saturated heterocycles. The minimum Gasteiger partial charge on any atom is -0.497 e. The van der Waals surface area contributed by atoms with Crippen LogP contribution in [0.15, 0.2) is 24.3 Å². The minimum atomic E-state index is -0.819. The van der Waals surface area contributed by atoms with Gasteiger partial charge in [0.1, 0.15) is 5.75 Å². The van der Waals surface area contributed by atoms with Crippen molar-refractivity contribution in [2.75, 3.05) is 51.3 Å². The monoisotopic (exact) mass is 484 g/mol. The molecule has 0 radical (unpaired) electrons. The van der Waals surface area contributed by atoms with Gasteiger partial charge in [-0.15, -0.1) is 0 Å². The lowest BCUT2D eigenvalue weighted by Gasteiger charge is -2.42. The molecule has 192 valence electrons. The molecule has 1 atom stereocenters. The number of fused-ring (bicyclic) bond motifs is 1. The quantitative estimate of drug-likeness (QED) is 0.644. The lowest BCUT2D eigenvalue weighted by atomic mass is 9.88. The maximum absolute atomic E-state index is 13.6. The average molecular weight is 485 g/mol. The first-order chi connectivity index (χ1) is 16.5. The van der Waals surface area contributed by atoms with E-state index in [0.717, 1.165) is 48.5 Å². The third kappa shape index (κ3) is 5.71. The van der Waals surface area contributed by atoms with Gasteiger partial charge in [0.05, 0.1) is 30.5 Å². The number of aliphatic hydroxyl groups is 1. The summed E-state index contributed by atoms with van der Waals surface area (Å²) in [5.41, 5.74) is 1.78. The van der Waals surface area contributed by atoms with Gasteiger partial charge in [0.25, 0.3) is 0 Å². The van der Waals surface area contributed by atoms with Gasteiger partial charge >= 0.3 is 0 Å². The molecular weight excluding hydrogens is 444 g/mol. The molecule has 0 unspecified atom stereocenters. The molecule has 1 aromatic rings. The Balaban J connectivity index is 1.38. The second kappa shape index (κ2) is 9.91. The number of piperidine rings is 1. The Hall–Kier alpha value is -2.42. The zero-order valence-corrected chi connectivity index (χ0v) is 21.8. The fraction of sp³-hybridized carbons (Fsp3) is 0.630. The van der Waals surface area contributed by atoms with E-state index in [0.29, 0.717) is 26.1 Å². The fourth-order valence-electron chi connectivity index (χ4n) is 6.00. The van der Waals surface area contributed by atoms with E-state index in [1.54, 1.807) is 14.0 Å². The molecule has 0 aliphatic carbocycles. The highest BCUT2D eigenvalue weighted by molar-refractivity contribution is 6.01. The second-order valence-electron chi connectivity index (χ2n) is 11.0. The van der Waals surface area contributed by atoms with E-state index in [1.165, 1.54) is 0 Å². The third-order valence-electron chi connectivity index (χ3n) is 7.55. The Morgan fingerprint density at radius 1 is 1.17 bits per heavy atom. The van der Waals surface area contributed by atoms with Crippen molar-refractivity contribution in [3.63, 3.8) is 0 Å².